The fourth-order valence-electron chi connectivity index (χ4n) is 2.36. The van der Waals surface area contributed by atoms with E-state index < -0.39 is 9.84 Å². The van der Waals surface area contributed by atoms with Gasteiger partial charge in [-0.15, -0.1) is 0 Å². The Balaban J connectivity index is 2.08. The number of nitrogens with zero attached hydrogens (tertiary/aromatic N) is 1. The minimum Gasteiger partial charge on any atom is -0.314 e. The molecule has 108 valence electrons. The summed E-state index contributed by atoms with van der Waals surface area (Å²) in [6.45, 7) is 4.81. The number of rotatable bonds is 8. The van der Waals surface area contributed by atoms with Gasteiger partial charge in [0.25, 0.3) is 0 Å². The molecule has 0 aromatic carbocycles. The van der Waals surface area contributed by atoms with Gasteiger partial charge >= 0.3 is 0 Å². The number of sulfone groups is 1. The summed E-state index contributed by atoms with van der Waals surface area (Å²) in [6, 6.07) is 0.667. The Morgan fingerprint density at radius 3 is 2.67 bits per heavy atom. The van der Waals surface area contributed by atoms with E-state index in [0.29, 0.717) is 11.8 Å². The summed E-state index contributed by atoms with van der Waals surface area (Å²) in [5.74, 6) is 0.595. The molecule has 1 fully saturated rings. The minimum absolute atomic E-state index is 0.267. The Labute approximate surface area is 112 Å². The second-order valence-electron chi connectivity index (χ2n) is 5.33. The van der Waals surface area contributed by atoms with E-state index >= 15 is 0 Å². The van der Waals surface area contributed by atoms with Crippen LogP contribution < -0.4 is 5.32 Å². The zero-order valence-electron chi connectivity index (χ0n) is 11.8. The van der Waals surface area contributed by atoms with Gasteiger partial charge < -0.3 is 10.2 Å². The molecule has 18 heavy (non-hydrogen) atoms. The second-order valence-corrected chi connectivity index (χ2v) is 7.80. The summed E-state index contributed by atoms with van der Waals surface area (Å²) in [5, 5.41) is 3.54. The van der Waals surface area contributed by atoms with Gasteiger partial charge in [-0.2, -0.15) is 0 Å². The highest BCUT2D eigenvalue weighted by atomic mass is 32.2. The third-order valence-electron chi connectivity index (χ3n) is 3.71. The molecule has 1 unspecified atom stereocenters. The fourth-order valence-corrected chi connectivity index (χ4v) is 3.21. The molecule has 0 bridgehead atoms. The smallest absolute Gasteiger partial charge is 0.150 e. The highest BCUT2D eigenvalue weighted by Crippen LogP contribution is 2.10. The molecule has 0 aliphatic carbocycles. The molecule has 1 aliphatic rings. The minimum atomic E-state index is -2.79. The van der Waals surface area contributed by atoms with Crippen LogP contribution in [0, 0.1) is 0 Å². The maximum Gasteiger partial charge on any atom is 0.150 e. The van der Waals surface area contributed by atoms with Crippen molar-refractivity contribution in [2.45, 2.75) is 45.1 Å². The summed E-state index contributed by atoms with van der Waals surface area (Å²) in [5.41, 5.74) is 0. The first-order valence-corrected chi connectivity index (χ1v) is 8.98. The summed E-state index contributed by atoms with van der Waals surface area (Å²) >= 11 is 0. The van der Waals surface area contributed by atoms with Crippen LogP contribution in [0.3, 0.4) is 0 Å². The van der Waals surface area contributed by atoms with Gasteiger partial charge in [0.15, 0.2) is 0 Å². The van der Waals surface area contributed by atoms with Crippen molar-refractivity contribution in [2.75, 3.05) is 38.2 Å². The van der Waals surface area contributed by atoms with Gasteiger partial charge in [-0.25, -0.2) is 8.42 Å². The van der Waals surface area contributed by atoms with Crippen molar-refractivity contribution in [3.05, 3.63) is 0 Å². The van der Waals surface area contributed by atoms with Crippen molar-refractivity contribution >= 4 is 9.84 Å². The average molecular weight is 276 g/mol. The third kappa shape index (κ3) is 6.71. The Morgan fingerprint density at radius 1 is 1.28 bits per heavy atom. The molecule has 1 aliphatic heterocycles. The molecule has 1 N–H and O–H groups in total. The van der Waals surface area contributed by atoms with Gasteiger partial charge in [0.2, 0.25) is 0 Å². The normalized spacial score (nSPS) is 21.4. The van der Waals surface area contributed by atoms with E-state index in [4.69, 9.17) is 0 Å². The first-order valence-electron chi connectivity index (χ1n) is 7.16. The Bertz CT molecular complexity index is 311. The van der Waals surface area contributed by atoms with Crippen LogP contribution in [0.1, 0.15) is 39.0 Å². The SMILES string of the molecule is CCS(=O)(=O)CCCN(C)CCC1CCCCN1. The third-order valence-corrected chi connectivity index (χ3v) is 5.50. The van der Waals surface area contributed by atoms with Crippen LogP contribution >= 0.6 is 0 Å². The molecule has 0 amide bonds. The lowest BCUT2D eigenvalue weighted by Gasteiger charge is -2.25. The molecule has 1 atom stereocenters. The van der Waals surface area contributed by atoms with Crippen molar-refractivity contribution in [3.63, 3.8) is 0 Å². The van der Waals surface area contributed by atoms with Gasteiger partial charge in [-0.3, -0.25) is 0 Å². The summed E-state index contributed by atoms with van der Waals surface area (Å²) in [4.78, 5) is 2.25. The highest BCUT2D eigenvalue weighted by molar-refractivity contribution is 7.91. The van der Waals surface area contributed by atoms with E-state index in [1.165, 1.54) is 25.7 Å². The summed E-state index contributed by atoms with van der Waals surface area (Å²) in [7, 11) is -0.705. The first-order chi connectivity index (χ1) is 8.53. The molecule has 0 radical (unpaired) electrons. The zero-order valence-corrected chi connectivity index (χ0v) is 12.6. The van der Waals surface area contributed by atoms with Gasteiger partial charge in [0.05, 0.1) is 5.75 Å². The monoisotopic (exact) mass is 276 g/mol. The number of piperidine rings is 1. The summed E-state index contributed by atoms with van der Waals surface area (Å²) < 4.78 is 22.7. The first kappa shape index (κ1) is 15.9. The standard InChI is InChI=1S/C13H28N2O2S/c1-3-18(16,17)12-6-10-15(2)11-8-13-7-4-5-9-14-13/h13-14H,3-12H2,1-2H3. The van der Waals surface area contributed by atoms with Gasteiger partial charge in [0, 0.05) is 11.8 Å². The Hall–Kier alpha value is -0.130. The lowest BCUT2D eigenvalue weighted by atomic mass is 10.0. The molecule has 0 spiro atoms. The lowest BCUT2D eigenvalue weighted by Crippen LogP contribution is -2.37. The molecule has 0 aromatic rings. The van der Waals surface area contributed by atoms with Gasteiger partial charge in [0.1, 0.15) is 9.84 Å². The molecule has 1 saturated heterocycles. The fraction of sp³-hybridized carbons (Fsp3) is 1.00. The summed E-state index contributed by atoms with van der Waals surface area (Å²) in [6.07, 6.45) is 5.87. The zero-order chi connectivity index (χ0) is 13.4. The topological polar surface area (TPSA) is 49.4 Å². The number of nitrogens with one attached hydrogen (secondary N) is 1. The predicted molar refractivity (Wildman–Crippen MR) is 76.7 cm³/mol. The van der Waals surface area contributed by atoms with Gasteiger partial charge in [-0.05, 0) is 52.4 Å². The van der Waals surface area contributed by atoms with Crippen LogP contribution in [0.5, 0.6) is 0 Å². The van der Waals surface area contributed by atoms with Crippen molar-refractivity contribution < 1.29 is 8.42 Å². The number of hydrogen-bond donors (Lipinski definition) is 1. The molecule has 0 aromatic heterocycles. The quantitative estimate of drug-likeness (QED) is 0.725. The van der Waals surface area contributed by atoms with Crippen molar-refractivity contribution in [1.82, 2.24) is 10.2 Å². The van der Waals surface area contributed by atoms with Crippen LogP contribution in [-0.2, 0) is 9.84 Å². The second kappa shape index (κ2) is 8.12. The van der Waals surface area contributed by atoms with Crippen molar-refractivity contribution in [3.8, 4) is 0 Å². The van der Waals surface area contributed by atoms with Crippen molar-refractivity contribution in [2.24, 2.45) is 0 Å². The van der Waals surface area contributed by atoms with Crippen LogP contribution in [0.2, 0.25) is 0 Å². The maximum atomic E-state index is 11.4. The molecule has 4 nitrogen and oxygen atoms in total. The van der Waals surface area contributed by atoms with E-state index in [1.807, 2.05) is 0 Å². The molecule has 1 heterocycles. The largest absolute Gasteiger partial charge is 0.314 e. The van der Waals surface area contributed by atoms with E-state index in [2.05, 4.69) is 17.3 Å². The Morgan fingerprint density at radius 2 is 2.06 bits per heavy atom. The van der Waals surface area contributed by atoms with Crippen molar-refractivity contribution in [1.29, 1.82) is 0 Å². The highest BCUT2D eigenvalue weighted by Gasteiger charge is 2.13. The van der Waals surface area contributed by atoms with Crippen LogP contribution in [0.25, 0.3) is 0 Å². The van der Waals surface area contributed by atoms with E-state index in [9.17, 15) is 8.42 Å². The lowest BCUT2D eigenvalue weighted by molar-refractivity contribution is 0.288. The molecule has 5 heteroatoms. The molecular formula is C13H28N2O2S. The molecule has 0 saturated carbocycles. The Kier molecular flexibility index (Phi) is 7.19. The van der Waals surface area contributed by atoms with E-state index in [-0.39, 0.29) is 5.75 Å². The van der Waals surface area contributed by atoms with Crippen LogP contribution in [0.4, 0.5) is 0 Å². The van der Waals surface area contributed by atoms with Crippen LogP contribution in [-0.4, -0.2) is 57.5 Å². The van der Waals surface area contributed by atoms with Gasteiger partial charge in [-0.1, -0.05) is 13.3 Å². The number of hydrogen-bond acceptors (Lipinski definition) is 4. The molecule has 1 rings (SSSR count). The van der Waals surface area contributed by atoms with E-state index in [0.717, 1.165) is 26.1 Å². The predicted octanol–water partition coefficient (Wildman–Crippen LogP) is 1.28. The average Bonchev–Trinajstić information content (AvgIpc) is 2.37. The maximum absolute atomic E-state index is 11.4. The molecular weight excluding hydrogens is 248 g/mol. The van der Waals surface area contributed by atoms with Crippen LogP contribution in [0.15, 0.2) is 0 Å². The van der Waals surface area contributed by atoms with E-state index in [1.54, 1.807) is 6.92 Å².